The molecule has 1 atom stereocenters. The molecule has 1 unspecified atom stereocenters. The van der Waals surface area contributed by atoms with Crippen molar-refractivity contribution >= 4 is 5.91 Å². The largest absolute Gasteiger partial charge is 0.376 e. The normalized spacial score (nSPS) is 21.7. The van der Waals surface area contributed by atoms with Crippen LogP contribution in [0.5, 0.6) is 0 Å². The number of nitrogens with one attached hydrogen (secondary N) is 2. The van der Waals surface area contributed by atoms with Crippen LogP contribution >= 0.6 is 0 Å². The molecule has 0 aliphatic carbocycles. The minimum atomic E-state index is -0.218. The number of ether oxygens (including phenoxy) is 1. The van der Waals surface area contributed by atoms with Gasteiger partial charge in [0, 0.05) is 31.2 Å². The third-order valence-electron chi connectivity index (χ3n) is 5.52. The monoisotopic (exact) mass is 369 g/mol. The van der Waals surface area contributed by atoms with Gasteiger partial charge in [0.05, 0.1) is 11.8 Å². The summed E-state index contributed by atoms with van der Waals surface area (Å²) >= 11 is 0. The summed E-state index contributed by atoms with van der Waals surface area (Å²) in [6.45, 7) is 7.72. The van der Waals surface area contributed by atoms with Crippen LogP contribution in [0.25, 0.3) is 0 Å². The number of hydrogen-bond acceptors (Lipinski definition) is 3. The number of benzene rings is 1. The summed E-state index contributed by atoms with van der Waals surface area (Å²) in [7, 11) is 0. The van der Waals surface area contributed by atoms with Crippen molar-refractivity contribution in [3.63, 3.8) is 0 Å². The minimum absolute atomic E-state index is 0.125. The molecule has 3 rings (SSSR count). The van der Waals surface area contributed by atoms with Crippen LogP contribution in [0.2, 0.25) is 0 Å². The first-order chi connectivity index (χ1) is 12.9. The van der Waals surface area contributed by atoms with Crippen LogP contribution in [0, 0.1) is 6.92 Å². The molecule has 146 valence electrons. The molecular formula is C22H31N3O2. The van der Waals surface area contributed by atoms with E-state index in [1.54, 1.807) is 0 Å². The van der Waals surface area contributed by atoms with Gasteiger partial charge in [0.2, 0.25) is 5.91 Å². The molecular weight excluding hydrogens is 338 g/mol. The predicted octanol–water partition coefficient (Wildman–Crippen LogP) is 3.68. The Labute approximate surface area is 161 Å². The van der Waals surface area contributed by atoms with Gasteiger partial charge in [-0.05, 0) is 57.6 Å². The Morgan fingerprint density at radius 1 is 1.30 bits per heavy atom. The third kappa shape index (κ3) is 5.19. The second kappa shape index (κ2) is 8.26. The molecule has 0 bridgehead atoms. The second-order valence-corrected chi connectivity index (χ2v) is 8.42. The highest BCUT2D eigenvalue weighted by atomic mass is 16.5. The maximum absolute atomic E-state index is 12.8. The molecule has 0 spiro atoms. The van der Waals surface area contributed by atoms with Crippen LogP contribution in [0.15, 0.2) is 36.7 Å². The number of rotatable bonds is 7. The quantitative estimate of drug-likeness (QED) is 0.732. The van der Waals surface area contributed by atoms with Crippen LogP contribution in [-0.4, -0.2) is 34.9 Å². The lowest BCUT2D eigenvalue weighted by atomic mass is 9.67. The van der Waals surface area contributed by atoms with Gasteiger partial charge in [0.1, 0.15) is 0 Å². The molecule has 1 aromatic heterocycles. The van der Waals surface area contributed by atoms with E-state index < -0.39 is 0 Å². The van der Waals surface area contributed by atoms with Gasteiger partial charge in [-0.2, -0.15) is 5.10 Å². The number of carbonyl (C=O) groups excluding carboxylic acids is 1. The maximum Gasteiger partial charge on any atom is 0.220 e. The molecule has 27 heavy (non-hydrogen) atoms. The fourth-order valence-corrected chi connectivity index (χ4v) is 4.19. The zero-order chi connectivity index (χ0) is 19.3. The van der Waals surface area contributed by atoms with Crippen molar-refractivity contribution in [2.75, 3.05) is 13.2 Å². The number of aryl methyl sites for hydroxylation is 2. The van der Waals surface area contributed by atoms with Gasteiger partial charge in [-0.3, -0.25) is 9.89 Å². The number of hydrogen-bond donors (Lipinski definition) is 2. The number of aromatic nitrogens is 2. The molecule has 1 aliphatic rings. The lowest BCUT2D eigenvalue weighted by Crippen LogP contribution is -2.46. The van der Waals surface area contributed by atoms with Gasteiger partial charge in [-0.15, -0.1) is 0 Å². The smallest absolute Gasteiger partial charge is 0.220 e. The molecule has 5 nitrogen and oxygen atoms in total. The minimum Gasteiger partial charge on any atom is -0.376 e. The fourth-order valence-electron chi connectivity index (χ4n) is 4.19. The molecule has 1 aromatic carbocycles. The van der Waals surface area contributed by atoms with Crippen molar-refractivity contribution in [3.8, 4) is 0 Å². The number of H-pyrrole nitrogens is 1. The van der Waals surface area contributed by atoms with Crippen molar-refractivity contribution < 1.29 is 9.53 Å². The SMILES string of the molecule is Cc1ccc(C2(CC(=O)NCCCc3cn[nH]c3)CCOC(C)(C)C2)cc1. The van der Waals surface area contributed by atoms with Gasteiger partial charge in [0.25, 0.3) is 0 Å². The molecule has 2 heterocycles. The van der Waals surface area contributed by atoms with E-state index in [1.807, 2.05) is 12.4 Å². The van der Waals surface area contributed by atoms with E-state index >= 15 is 0 Å². The maximum atomic E-state index is 12.8. The number of carbonyl (C=O) groups is 1. The summed E-state index contributed by atoms with van der Waals surface area (Å²) in [4.78, 5) is 12.8. The molecule has 5 heteroatoms. The molecule has 2 aromatic rings. The average molecular weight is 370 g/mol. The van der Waals surface area contributed by atoms with Crippen molar-refractivity contribution in [1.82, 2.24) is 15.5 Å². The summed E-state index contributed by atoms with van der Waals surface area (Å²) in [5, 5.41) is 9.89. The molecule has 1 fully saturated rings. The summed E-state index contributed by atoms with van der Waals surface area (Å²) in [5.41, 5.74) is 3.28. The van der Waals surface area contributed by atoms with Crippen molar-refractivity contribution in [2.45, 2.75) is 63.9 Å². The zero-order valence-electron chi connectivity index (χ0n) is 16.7. The molecule has 1 saturated heterocycles. The summed E-state index contributed by atoms with van der Waals surface area (Å²) < 4.78 is 5.95. The van der Waals surface area contributed by atoms with Gasteiger partial charge in [-0.1, -0.05) is 29.8 Å². The fraction of sp³-hybridized carbons (Fsp3) is 0.545. The van der Waals surface area contributed by atoms with E-state index in [1.165, 1.54) is 16.7 Å². The van der Waals surface area contributed by atoms with E-state index in [0.717, 1.165) is 25.7 Å². The average Bonchev–Trinajstić information content (AvgIpc) is 3.12. The Hall–Kier alpha value is -2.14. The number of nitrogens with zero attached hydrogens (tertiary/aromatic N) is 1. The summed E-state index contributed by atoms with van der Waals surface area (Å²) in [5.74, 6) is 0.125. The lowest BCUT2D eigenvalue weighted by Gasteiger charge is -2.45. The Morgan fingerprint density at radius 3 is 2.74 bits per heavy atom. The first kappa shape index (κ1) is 19.6. The van der Waals surface area contributed by atoms with Gasteiger partial charge < -0.3 is 10.1 Å². The van der Waals surface area contributed by atoms with Gasteiger partial charge in [-0.25, -0.2) is 0 Å². The first-order valence-electron chi connectivity index (χ1n) is 9.84. The highest BCUT2D eigenvalue weighted by molar-refractivity contribution is 5.77. The van der Waals surface area contributed by atoms with Crippen LogP contribution in [0.3, 0.4) is 0 Å². The standard InChI is InChI=1S/C22H31N3O2/c1-17-6-8-19(9-7-17)22(10-12-27-21(2,3)16-22)13-20(26)23-11-4-5-18-14-24-25-15-18/h6-9,14-15H,4-5,10-13,16H2,1-3H3,(H,23,26)(H,24,25). The van der Waals surface area contributed by atoms with E-state index in [0.29, 0.717) is 19.6 Å². The van der Waals surface area contributed by atoms with Gasteiger partial charge >= 0.3 is 0 Å². The molecule has 0 radical (unpaired) electrons. The van der Waals surface area contributed by atoms with Crippen LogP contribution in [0.1, 0.15) is 56.2 Å². The number of aromatic amines is 1. The Balaban J connectivity index is 1.64. The van der Waals surface area contributed by atoms with Gasteiger partial charge in [0.15, 0.2) is 0 Å². The van der Waals surface area contributed by atoms with Crippen LogP contribution in [0.4, 0.5) is 0 Å². The molecule has 2 N–H and O–H groups in total. The highest BCUT2D eigenvalue weighted by Gasteiger charge is 2.43. The Kier molecular flexibility index (Phi) is 6.00. The molecule has 1 aliphatic heterocycles. The van der Waals surface area contributed by atoms with E-state index in [2.05, 4.69) is 60.6 Å². The lowest BCUT2D eigenvalue weighted by molar-refractivity contribution is -0.126. The second-order valence-electron chi connectivity index (χ2n) is 8.42. The zero-order valence-corrected chi connectivity index (χ0v) is 16.7. The number of amides is 1. The van der Waals surface area contributed by atoms with E-state index in [9.17, 15) is 4.79 Å². The van der Waals surface area contributed by atoms with Crippen molar-refractivity contribution in [2.24, 2.45) is 0 Å². The van der Waals surface area contributed by atoms with Crippen molar-refractivity contribution in [1.29, 1.82) is 0 Å². The highest BCUT2D eigenvalue weighted by Crippen LogP contribution is 2.44. The van der Waals surface area contributed by atoms with E-state index in [-0.39, 0.29) is 16.9 Å². The van der Waals surface area contributed by atoms with E-state index in [4.69, 9.17) is 4.74 Å². The Morgan fingerprint density at radius 2 is 2.07 bits per heavy atom. The van der Waals surface area contributed by atoms with Crippen molar-refractivity contribution in [3.05, 3.63) is 53.3 Å². The first-order valence-corrected chi connectivity index (χ1v) is 9.84. The van der Waals surface area contributed by atoms with Crippen LogP contribution in [-0.2, 0) is 21.4 Å². The molecule has 0 saturated carbocycles. The Bertz CT molecular complexity index is 737. The predicted molar refractivity (Wildman–Crippen MR) is 107 cm³/mol. The molecule has 1 amide bonds. The summed E-state index contributed by atoms with van der Waals surface area (Å²) in [6.07, 6.45) is 7.80. The van der Waals surface area contributed by atoms with Crippen LogP contribution < -0.4 is 5.32 Å². The topological polar surface area (TPSA) is 67.0 Å². The summed E-state index contributed by atoms with van der Waals surface area (Å²) in [6, 6.07) is 8.65. The third-order valence-corrected chi connectivity index (χ3v) is 5.52.